The van der Waals surface area contributed by atoms with Gasteiger partial charge in [0.2, 0.25) is 0 Å². The van der Waals surface area contributed by atoms with Crippen molar-refractivity contribution in [3.05, 3.63) is 33.3 Å². The van der Waals surface area contributed by atoms with Crippen molar-refractivity contribution in [1.29, 1.82) is 0 Å². The van der Waals surface area contributed by atoms with E-state index in [-0.39, 0.29) is 13.2 Å². The Hall–Kier alpha value is -0.380. The minimum absolute atomic E-state index is 0.0122. The molecule has 1 aromatic rings. The molecule has 0 saturated heterocycles. The van der Waals surface area contributed by atoms with Crippen LogP contribution in [-0.2, 0) is 13.2 Å². The highest BCUT2D eigenvalue weighted by Crippen LogP contribution is 2.20. The molecule has 0 aliphatic rings. The molecule has 1 aromatic carbocycles. The molecule has 1 rings (SSSR count). The van der Waals surface area contributed by atoms with E-state index < -0.39 is 0 Å². The van der Waals surface area contributed by atoms with E-state index in [1.165, 1.54) is 0 Å². The predicted octanol–water partition coefficient (Wildman–Crippen LogP) is 1.74. The Kier molecular flexibility index (Phi) is 3.26. The molecule has 0 heterocycles. The third-order valence-electron chi connectivity index (χ3n) is 1.93. The molecule has 2 N–H and O–H groups in total. The first kappa shape index (κ1) is 9.71. The van der Waals surface area contributed by atoms with Gasteiger partial charge in [-0.2, -0.15) is 0 Å². The lowest BCUT2D eigenvalue weighted by molar-refractivity contribution is 0.273. The minimum atomic E-state index is 0.0122. The van der Waals surface area contributed by atoms with Crippen molar-refractivity contribution < 1.29 is 10.2 Å². The van der Waals surface area contributed by atoms with Crippen LogP contribution in [0, 0.1) is 6.92 Å². The van der Waals surface area contributed by atoms with Gasteiger partial charge in [-0.1, -0.05) is 15.9 Å². The summed E-state index contributed by atoms with van der Waals surface area (Å²) in [5.41, 5.74) is 2.67. The molecule has 2 nitrogen and oxygen atoms in total. The summed E-state index contributed by atoms with van der Waals surface area (Å²) >= 11 is 3.31. The van der Waals surface area contributed by atoms with Crippen molar-refractivity contribution in [1.82, 2.24) is 0 Å². The van der Waals surface area contributed by atoms with E-state index in [4.69, 9.17) is 10.2 Å². The number of hydrogen-bond acceptors (Lipinski definition) is 2. The molecule has 0 aliphatic heterocycles. The van der Waals surface area contributed by atoms with Gasteiger partial charge in [-0.15, -0.1) is 0 Å². The van der Waals surface area contributed by atoms with Crippen molar-refractivity contribution in [2.75, 3.05) is 0 Å². The molecule has 0 unspecified atom stereocenters. The zero-order valence-corrected chi connectivity index (χ0v) is 8.43. The quantitative estimate of drug-likeness (QED) is 0.813. The van der Waals surface area contributed by atoms with Crippen LogP contribution < -0.4 is 0 Å². The second-order valence-corrected chi connectivity index (χ2v) is 3.58. The number of aliphatic hydroxyl groups excluding tert-OH is 2. The fourth-order valence-electron chi connectivity index (χ4n) is 1.13. The van der Waals surface area contributed by atoms with E-state index >= 15 is 0 Å². The Morgan fingerprint density at radius 3 is 1.92 bits per heavy atom. The number of rotatable bonds is 2. The maximum atomic E-state index is 8.96. The van der Waals surface area contributed by atoms with Gasteiger partial charge in [-0.25, -0.2) is 0 Å². The smallest absolute Gasteiger partial charge is 0.0684 e. The molecule has 0 saturated carbocycles. The van der Waals surface area contributed by atoms with Crippen molar-refractivity contribution in [2.45, 2.75) is 20.1 Å². The fraction of sp³-hybridized carbons (Fsp3) is 0.333. The SMILES string of the molecule is Cc1c(CO)cc(Br)cc1CO. The first-order valence-corrected chi connectivity index (χ1v) is 4.48. The van der Waals surface area contributed by atoms with Crippen LogP contribution in [0.2, 0.25) is 0 Å². The van der Waals surface area contributed by atoms with Crippen LogP contribution in [0.5, 0.6) is 0 Å². The summed E-state index contributed by atoms with van der Waals surface area (Å²) in [7, 11) is 0. The van der Waals surface area contributed by atoms with Crippen molar-refractivity contribution in [2.24, 2.45) is 0 Å². The van der Waals surface area contributed by atoms with Crippen LogP contribution in [0.25, 0.3) is 0 Å². The summed E-state index contributed by atoms with van der Waals surface area (Å²) in [6.45, 7) is 1.92. The van der Waals surface area contributed by atoms with E-state index in [2.05, 4.69) is 15.9 Å². The van der Waals surface area contributed by atoms with Gasteiger partial charge < -0.3 is 10.2 Å². The zero-order valence-electron chi connectivity index (χ0n) is 6.84. The molecular weight excluding hydrogens is 220 g/mol. The van der Waals surface area contributed by atoms with Gasteiger partial charge in [0, 0.05) is 4.47 Å². The molecule has 0 atom stereocenters. The summed E-state index contributed by atoms with van der Waals surface area (Å²) in [5.74, 6) is 0. The highest BCUT2D eigenvalue weighted by Gasteiger charge is 2.03. The third-order valence-corrected chi connectivity index (χ3v) is 2.39. The van der Waals surface area contributed by atoms with Gasteiger partial charge >= 0.3 is 0 Å². The summed E-state index contributed by atoms with van der Waals surface area (Å²) in [6, 6.07) is 3.71. The van der Waals surface area contributed by atoms with Gasteiger partial charge in [0.25, 0.3) is 0 Å². The largest absolute Gasteiger partial charge is 0.392 e. The average molecular weight is 231 g/mol. The van der Waals surface area contributed by atoms with Crippen molar-refractivity contribution in [3.63, 3.8) is 0 Å². The normalized spacial score (nSPS) is 10.3. The van der Waals surface area contributed by atoms with Crippen molar-refractivity contribution >= 4 is 15.9 Å². The van der Waals surface area contributed by atoms with E-state index in [1.807, 2.05) is 19.1 Å². The van der Waals surface area contributed by atoms with Gasteiger partial charge in [0.15, 0.2) is 0 Å². The summed E-state index contributed by atoms with van der Waals surface area (Å²) < 4.78 is 0.890. The van der Waals surface area contributed by atoms with E-state index in [0.29, 0.717) is 0 Å². The van der Waals surface area contributed by atoms with E-state index in [9.17, 15) is 0 Å². The third kappa shape index (κ3) is 1.86. The lowest BCUT2D eigenvalue weighted by Crippen LogP contribution is -1.95. The van der Waals surface area contributed by atoms with E-state index in [0.717, 1.165) is 21.2 Å². The monoisotopic (exact) mass is 230 g/mol. The first-order chi connectivity index (χ1) is 5.69. The molecule has 0 bridgehead atoms. The lowest BCUT2D eigenvalue weighted by Gasteiger charge is -2.08. The summed E-state index contributed by atoms with van der Waals surface area (Å²) in [4.78, 5) is 0. The van der Waals surface area contributed by atoms with Gasteiger partial charge in [0.1, 0.15) is 0 Å². The maximum absolute atomic E-state index is 8.96. The van der Waals surface area contributed by atoms with E-state index in [1.54, 1.807) is 0 Å². The molecule has 12 heavy (non-hydrogen) atoms. The summed E-state index contributed by atoms with van der Waals surface area (Å²) in [5, 5.41) is 17.9. The molecule has 0 fully saturated rings. The van der Waals surface area contributed by atoms with Gasteiger partial charge in [-0.05, 0) is 35.7 Å². The first-order valence-electron chi connectivity index (χ1n) is 3.68. The van der Waals surface area contributed by atoms with Crippen LogP contribution in [-0.4, -0.2) is 10.2 Å². The molecule has 0 aliphatic carbocycles. The second-order valence-electron chi connectivity index (χ2n) is 2.67. The standard InChI is InChI=1S/C9H11BrO2/c1-6-7(4-11)2-9(10)3-8(6)5-12/h2-3,11-12H,4-5H2,1H3. The highest BCUT2D eigenvalue weighted by molar-refractivity contribution is 9.10. The minimum Gasteiger partial charge on any atom is -0.392 e. The number of aliphatic hydroxyl groups is 2. The molecule has 0 amide bonds. The van der Waals surface area contributed by atoms with Crippen LogP contribution >= 0.6 is 15.9 Å². The zero-order chi connectivity index (χ0) is 9.14. The Morgan fingerprint density at radius 1 is 1.17 bits per heavy atom. The number of halogens is 1. The summed E-state index contributed by atoms with van der Waals surface area (Å²) in [6.07, 6.45) is 0. The lowest BCUT2D eigenvalue weighted by atomic mass is 10.0. The Morgan fingerprint density at radius 2 is 1.58 bits per heavy atom. The van der Waals surface area contributed by atoms with Crippen molar-refractivity contribution in [3.8, 4) is 0 Å². The van der Waals surface area contributed by atoms with Crippen LogP contribution in [0.15, 0.2) is 16.6 Å². The average Bonchev–Trinajstić information content (AvgIpc) is 2.08. The number of benzene rings is 1. The van der Waals surface area contributed by atoms with Crippen LogP contribution in [0.4, 0.5) is 0 Å². The van der Waals surface area contributed by atoms with Gasteiger partial charge in [-0.3, -0.25) is 0 Å². The second kappa shape index (κ2) is 4.03. The molecule has 0 spiro atoms. The van der Waals surface area contributed by atoms with Crippen LogP contribution in [0.3, 0.4) is 0 Å². The Bertz CT molecular complexity index is 259. The fourth-order valence-corrected chi connectivity index (χ4v) is 1.68. The van der Waals surface area contributed by atoms with Crippen LogP contribution in [0.1, 0.15) is 16.7 Å². The maximum Gasteiger partial charge on any atom is 0.0684 e. The molecule has 0 aromatic heterocycles. The number of hydrogen-bond donors (Lipinski definition) is 2. The predicted molar refractivity (Wildman–Crippen MR) is 50.7 cm³/mol. The Balaban J connectivity index is 3.22. The molecule has 0 radical (unpaired) electrons. The molecular formula is C9H11BrO2. The molecule has 66 valence electrons. The Labute approximate surface area is 80.0 Å². The highest BCUT2D eigenvalue weighted by atomic mass is 79.9. The molecule has 3 heteroatoms. The topological polar surface area (TPSA) is 40.5 Å². The van der Waals surface area contributed by atoms with Gasteiger partial charge in [0.05, 0.1) is 13.2 Å².